The molecule has 0 heterocycles. The van der Waals surface area contributed by atoms with Crippen LogP contribution >= 0.6 is 37.9 Å². The third kappa shape index (κ3) is 10.7. The molecule has 0 aliphatic heterocycles. The molecule has 0 aliphatic carbocycles. The highest BCUT2D eigenvalue weighted by Gasteiger charge is 2.33. The fourth-order valence-corrected chi connectivity index (χ4v) is 2.28. The van der Waals surface area contributed by atoms with Crippen molar-refractivity contribution >= 4 is 49.8 Å². The fourth-order valence-electron chi connectivity index (χ4n) is 1.69. The highest BCUT2D eigenvalue weighted by atomic mass is 32.1. The van der Waals surface area contributed by atoms with Crippen molar-refractivity contribution < 1.29 is 28.9 Å². The lowest BCUT2D eigenvalue weighted by Gasteiger charge is -2.32. The fraction of sp³-hybridized carbons (Fsp3) is 0.867. The number of carbonyl (C=O) groups is 2. The lowest BCUT2D eigenvalue weighted by molar-refractivity contribution is -0.169. The van der Waals surface area contributed by atoms with Gasteiger partial charge in [-0.3, -0.25) is 9.59 Å². The SMILES string of the molecule is CCC(COC(=O)CCS)(COC(=O)CCS)COC(O)CCS. The van der Waals surface area contributed by atoms with E-state index in [2.05, 4.69) is 37.9 Å². The van der Waals surface area contributed by atoms with Gasteiger partial charge in [0.25, 0.3) is 0 Å². The van der Waals surface area contributed by atoms with Gasteiger partial charge in [0.1, 0.15) is 13.2 Å². The Labute approximate surface area is 160 Å². The molecule has 0 aromatic rings. The van der Waals surface area contributed by atoms with Gasteiger partial charge in [-0.05, 0) is 12.2 Å². The van der Waals surface area contributed by atoms with Gasteiger partial charge in [0.05, 0.1) is 24.9 Å². The summed E-state index contributed by atoms with van der Waals surface area (Å²) < 4.78 is 15.9. The quantitative estimate of drug-likeness (QED) is 0.202. The molecule has 6 nitrogen and oxygen atoms in total. The zero-order chi connectivity index (χ0) is 18.4. The highest BCUT2D eigenvalue weighted by molar-refractivity contribution is 7.80. The summed E-state index contributed by atoms with van der Waals surface area (Å²) in [6.07, 6.45) is 0.358. The molecule has 0 rings (SSSR count). The molecule has 0 spiro atoms. The van der Waals surface area contributed by atoms with Crippen LogP contribution in [0, 0.1) is 5.41 Å². The second-order valence-electron chi connectivity index (χ2n) is 5.40. The number of aliphatic hydroxyl groups is 1. The summed E-state index contributed by atoms with van der Waals surface area (Å²) in [7, 11) is 0. The van der Waals surface area contributed by atoms with E-state index in [1.807, 2.05) is 6.92 Å². The van der Waals surface area contributed by atoms with E-state index in [1.165, 1.54) is 0 Å². The molecule has 0 radical (unpaired) electrons. The second kappa shape index (κ2) is 14.1. The summed E-state index contributed by atoms with van der Waals surface area (Å²) in [6.45, 7) is 2.06. The van der Waals surface area contributed by atoms with Crippen LogP contribution in [0.2, 0.25) is 0 Å². The van der Waals surface area contributed by atoms with Crippen LogP contribution in [0.1, 0.15) is 32.6 Å². The molecule has 0 aromatic heterocycles. The molecule has 0 aliphatic rings. The van der Waals surface area contributed by atoms with Gasteiger partial charge in [-0.1, -0.05) is 6.92 Å². The third-order valence-electron chi connectivity index (χ3n) is 3.42. The summed E-state index contributed by atoms with van der Waals surface area (Å²) >= 11 is 12.0. The minimum Gasteiger partial charge on any atom is -0.465 e. The van der Waals surface area contributed by atoms with E-state index in [0.29, 0.717) is 30.1 Å². The molecule has 0 fully saturated rings. The van der Waals surface area contributed by atoms with Crippen LogP contribution in [0.5, 0.6) is 0 Å². The first-order chi connectivity index (χ1) is 11.4. The van der Waals surface area contributed by atoms with Gasteiger partial charge < -0.3 is 19.3 Å². The van der Waals surface area contributed by atoms with Crippen molar-refractivity contribution in [3.05, 3.63) is 0 Å². The molecule has 0 saturated carbocycles. The lowest BCUT2D eigenvalue weighted by Crippen LogP contribution is -2.39. The Morgan fingerprint density at radius 1 is 0.958 bits per heavy atom. The summed E-state index contributed by atoms with van der Waals surface area (Å²) in [5.41, 5.74) is -0.712. The van der Waals surface area contributed by atoms with Gasteiger partial charge in [0.15, 0.2) is 6.29 Å². The van der Waals surface area contributed by atoms with Crippen molar-refractivity contribution in [2.45, 2.75) is 38.9 Å². The Morgan fingerprint density at radius 3 is 1.83 bits per heavy atom. The molecule has 0 bridgehead atoms. The largest absolute Gasteiger partial charge is 0.465 e. The number of hydrogen-bond donors (Lipinski definition) is 4. The normalized spacial score (nSPS) is 12.7. The Bertz CT molecular complexity index is 345. The molecule has 24 heavy (non-hydrogen) atoms. The van der Waals surface area contributed by atoms with Crippen LogP contribution in [0.4, 0.5) is 0 Å². The molecule has 1 unspecified atom stereocenters. The first kappa shape index (κ1) is 23.9. The molecule has 9 heteroatoms. The van der Waals surface area contributed by atoms with E-state index in [0.717, 1.165) is 0 Å². The van der Waals surface area contributed by atoms with Crippen molar-refractivity contribution in [1.82, 2.24) is 0 Å². The molecule has 1 N–H and O–H groups in total. The van der Waals surface area contributed by atoms with Gasteiger partial charge in [0.2, 0.25) is 0 Å². The van der Waals surface area contributed by atoms with Crippen molar-refractivity contribution in [3.63, 3.8) is 0 Å². The van der Waals surface area contributed by atoms with Crippen LogP contribution in [-0.2, 0) is 23.8 Å². The van der Waals surface area contributed by atoms with E-state index >= 15 is 0 Å². The predicted molar refractivity (Wildman–Crippen MR) is 102 cm³/mol. The maximum Gasteiger partial charge on any atom is 0.306 e. The van der Waals surface area contributed by atoms with Gasteiger partial charge >= 0.3 is 11.9 Å². The molecular weight excluding hydrogens is 372 g/mol. The monoisotopic (exact) mass is 400 g/mol. The van der Waals surface area contributed by atoms with E-state index in [1.54, 1.807) is 0 Å². The van der Waals surface area contributed by atoms with Crippen molar-refractivity contribution in [2.24, 2.45) is 5.41 Å². The van der Waals surface area contributed by atoms with Gasteiger partial charge in [-0.2, -0.15) is 37.9 Å². The zero-order valence-electron chi connectivity index (χ0n) is 14.0. The van der Waals surface area contributed by atoms with Gasteiger partial charge in [-0.15, -0.1) is 0 Å². The number of ether oxygens (including phenoxy) is 3. The van der Waals surface area contributed by atoms with Crippen molar-refractivity contribution in [2.75, 3.05) is 37.1 Å². The zero-order valence-corrected chi connectivity index (χ0v) is 16.7. The minimum atomic E-state index is -0.963. The third-order valence-corrected chi connectivity index (χ3v) is 4.12. The van der Waals surface area contributed by atoms with Crippen LogP contribution in [0.25, 0.3) is 0 Å². The topological polar surface area (TPSA) is 82.1 Å². The van der Waals surface area contributed by atoms with E-state index in [9.17, 15) is 14.7 Å². The summed E-state index contributed by atoms with van der Waals surface area (Å²) in [5, 5.41) is 9.72. The number of carbonyl (C=O) groups excluding carboxylic acids is 2. The first-order valence-corrected chi connectivity index (χ1v) is 9.76. The maximum atomic E-state index is 11.6. The Kier molecular flexibility index (Phi) is 14.1. The van der Waals surface area contributed by atoms with Crippen LogP contribution < -0.4 is 0 Å². The number of rotatable bonds is 14. The average molecular weight is 401 g/mol. The number of thiol groups is 3. The predicted octanol–water partition coefficient (Wildman–Crippen LogP) is 1.76. The average Bonchev–Trinajstić information content (AvgIpc) is 2.55. The van der Waals surface area contributed by atoms with Crippen LogP contribution in [0.3, 0.4) is 0 Å². The molecule has 0 aromatic carbocycles. The van der Waals surface area contributed by atoms with Gasteiger partial charge in [-0.25, -0.2) is 0 Å². The Balaban J connectivity index is 4.78. The van der Waals surface area contributed by atoms with Crippen molar-refractivity contribution in [1.29, 1.82) is 0 Å². The van der Waals surface area contributed by atoms with Crippen LogP contribution in [-0.4, -0.2) is 60.4 Å². The molecule has 0 amide bonds. The first-order valence-electron chi connectivity index (χ1n) is 7.86. The summed E-state index contributed by atoms with van der Waals surface area (Å²) in [4.78, 5) is 23.2. The van der Waals surface area contributed by atoms with E-state index < -0.39 is 11.7 Å². The van der Waals surface area contributed by atoms with Gasteiger partial charge in [0, 0.05) is 17.9 Å². The molecule has 1 atom stereocenters. The van der Waals surface area contributed by atoms with E-state index in [-0.39, 0.29) is 44.6 Å². The van der Waals surface area contributed by atoms with E-state index in [4.69, 9.17) is 14.2 Å². The molecule has 142 valence electrons. The molecular formula is C15H28O6S3. The Hall–Kier alpha value is -0.0900. The summed E-state index contributed by atoms with van der Waals surface area (Å²) in [6, 6.07) is 0. The number of hydrogen-bond acceptors (Lipinski definition) is 9. The number of aliphatic hydroxyl groups excluding tert-OH is 1. The highest BCUT2D eigenvalue weighted by Crippen LogP contribution is 2.25. The van der Waals surface area contributed by atoms with Crippen molar-refractivity contribution in [3.8, 4) is 0 Å². The summed E-state index contributed by atoms with van der Waals surface area (Å²) in [5.74, 6) is 0.521. The lowest BCUT2D eigenvalue weighted by atomic mass is 9.88. The maximum absolute atomic E-state index is 11.6. The smallest absolute Gasteiger partial charge is 0.306 e. The standard InChI is InChI=1S/C15H28O6S3/c1-2-15(9-19-12(16)3-6-22,10-20-13(17)4-7-23)11-21-14(18)5-8-24/h12,16,22-24H,2-11H2,1H3. The molecule has 0 saturated heterocycles. The minimum absolute atomic E-state index is 0.0395. The van der Waals surface area contributed by atoms with Crippen LogP contribution in [0.15, 0.2) is 0 Å². The Morgan fingerprint density at radius 2 is 1.46 bits per heavy atom. The second-order valence-corrected chi connectivity index (χ2v) is 6.74. The number of esters is 2.